The van der Waals surface area contributed by atoms with E-state index < -0.39 is 24.0 Å². The number of ether oxygens (including phenoxy) is 4. The molecular weight excluding hydrogens is 604 g/mol. The molecule has 0 bridgehead atoms. The van der Waals surface area contributed by atoms with E-state index in [2.05, 4.69) is 44.3 Å². The van der Waals surface area contributed by atoms with Crippen LogP contribution in [0.3, 0.4) is 0 Å². The lowest BCUT2D eigenvalue weighted by atomic mass is 10.0. The normalized spacial score (nSPS) is 11.3. The van der Waals surface area contributed by atoms with Gasteiger partial charge in [0, 0.05) is 12.2 Å². The molecule has 1 atom stereocenters. The maximum Gasteiger partial charge on any atom is 0.343 e. The highest BCUT2D eigenvalue weighted by molar-refractivity contribution is 5.91. The Balaban J connectivity index is 1.31. The van der Waals surface area contributed by atoms with Crippen molar-refractivity contribution in [1.82, 2.24) is 0 Å². The molecule has 7 nitrogen and oxygen atoms in total. The van der Waals surface area contributed by atoms with Crippen LogP contribution in [0.1, 0.15) is 91.8 Å². The largest absolute Gasteiger partial charge is 0.494 e. The highest BCUT2D eigenvalue weighted by Crippen LogP contribution is 2.19. The Morgan fingerprint density at radius 3 is 1.83 bits per heavy atom. The third-order valence-electron chi connectivity index (χ3n) is 7.99. The lowest BCUT2D eigenvalue weighted by Gasteiger charge is -2.16. The van der Waals surface area contributed by atoms with Crippen molar-refractivity contribution < 1.29 is 33.3 Å². The predicted octanol–water partition coefficient (Wildman–Crippen LogP) is 8.97. The molecule has 0 heterocycles. The molecule has 0 spiro atoms. The lowest BCUT2D eigenvalue weighted by Crippen LogP contribution is -2.24. The molecule has 7 heteroatoms. The highest BCUT2D eigenvalue weighted by Gasteiger charge is 2.15. The summed E-state index contributed by atoms with van der Waals surface area (Å²) in [5.41, 5.74) is 4.39. The van der Waals surface area contributed by atoms with Crippen molar-refractivity contribution in [2.45, 2.75) is 90.1 Å². The minimum Gasteiger partial charge on any atom is -0.494 e. The second-order valence-electron chi connectivity index (χ2n) is 11.8. The van der Waals surface area contributed by atoms with Gasteiger partial charge in [-0.25, -0.2) is 14.4 Å². The van der Waals surface area contributed by atoms with Crippen molar-refractivity contribution in [3.05, 3.63) is 120 Å². The van der Waals surface area contributed by atoms with Gasteiger partial charge in [-0.1, -0.05) is 88.6 Å². The zero-order chi connectivity index (χ0) is 34.4. The summed E-state index contributed by atoms with van der Waals surface area (Å²) in [5, 5.41) is 0. The van der Waals surface area contributed by atoms with Gasteiger partial charge in [-0.2, -0.15) is 0 Å². The fourth-order valence-corrected chi connectivity index (χ4v) is 5.13. The van der Waals surface area contributed by atoms with Crippen molar-refractivity contribution in [3.63, 3.8) is 0 Å². The minimum absolute atomic E-state index is 0.0153. The SMILES string of the molecule is C=CC(=O)OCC(CCCCCCOc1ccc(C(=O)Oc2ccc(CCc3ccc(CCCCCC)cc3)cc2)cc1)OC(=O)C=C. The molecule has 0 radical (unpaired) electrons. The molecular formula is C41H50O7. The van der Waals surface area contributed by atoms with Crippen LogP contribution in [0.4, 0.5) is 0 Å². The van der Waals surface area contributed by atoms with Crippen molar-refractivity contribution in [2.24, 2.45) is 0 Å². The number of unbranched alkanes of at least 4 members (excludes halogenated alkanes) is 6. The molecule has 3 aromatic carbocycles. The Bertz CT molecular complexity index is 1410. The molecule has 0 N–H and O–H groups in total. The third-order valence-corrected chi connectivity index (χ3v) is 7.99. The van der Waals surface area contributed by atoms with Crippen LogP contribution in [0.25, 0.3) is 0 Å². The van der Waals surface area contributed by atoms with E-state index in [-0.39, 0.29) is 6.61 Å². The number of rotatable bonds is 23. The van der Waals surface area contributed by atoms with Crippen LogP contribution in [0.5, 0.6) is 11.5 Å². The smallest absolute Gasteiger partial charge is 0.343 e. The number of esters is 3. The van der Waals surface area contributed by atoms with Gasteiger partial charge >= 0.3 is 17.9 Å². The highest BCUT2D eigenvalue weighted by atomic mass is 16.6. The predicted molar refractivity (Wildman–Crippen MR) is 189 cm³/mol. The molecule has 0 amide bonds. The van der Waals surface area contributed by atoms with Gasteiger partial charge in [0.2, 0.25) is 0 Å². The number of benzene rings is 3. The zero-order valence-electron chi connectivity index (χ0n) is 28.3. The average Bonchev–Trinajstić information content (AvgIpc) is 3.12. The van der Waals surface area contributed by atoms with Crippen LogP contribution in [0.2, 0.25) is 0 Å². The van der Waals surface area contributed by atoms with Crippen LogP contribution >= 0.6 is 0 Å². The first-order chi connectivity index (χ1) is 23.4. The zero-order valence-corrected chi connectivity index (χ0v) is 28.3. The fraction of sp³-hybridized carbons (Fsp3) is 0.390. The van der Waals surface area contributed by atoms with Gasteiger partial charge in [-0.15, -0.1) is 0 Å². The first kappa shape index (κ1) is 37.8. The Labute approximate surface area is 285 Å². The van der Waals surface area contributed by atoms with E-state index in [4.69, 9.17) is 18.9 Å². The van der Waals surface area contributed by atoms with Gasteiger partial charge in [0.1, 0.15) is 24.2 Å². The molecule has 0 aliphatic rings. The summed E-state index contributed by atoms with van der Waals surface area (Å²) >= 11 is 0. The first-order valence-electron chi connectivity index (χ1n) is 17.1. The number of carbonyl (C=O) groups is 3. The summed E-state index contributed by atoms with van der Waals surface area (Å²) in [4.78, 5) is 35.6. The van der Waals surface area contributed by atoms with Gasteiger partial charge in [0.25, 0.3) is 0 Å². The molecule has 0 aliphatic carbocycles. The van der Waals surface area contributed by atoms with Gasteiger partial charge in [-0.3, -0.25) is 0 Å². The van der Waals surface area contributed by atoms with E-state index in [1.165, 1.54) is 42.4 Å². The summed E-state index contributed by atoms with van der Waals surface area (Å²) in [6, 6.07) is 23.6. The lowest BCUT2D eigenvalue weighted by molar-refractivity contribution is -0.153. The Morgan fingerprint density at radius 2 is 1.21 bits per heavy atom. The van der Waals surface area contributed by atoms with Gasteiger partial charge in [0.15, 0.2) is 0 Å². The van der Waals surface area contributed by atoms with E-state index in [9.17, 15) is 14.4 Å². The maximum atomic E-state index is 12.7. The second-order valence-corrected chi connectivity index (χ2v) is 11.8. The average molecular weight is 655 g/mol. The Hall–Kier alpha value is -4.65. The molecule has 3 aromatic rings. The molecule has 0 aromatic heterocycles. The Kier molecular flexibility index (Phi) is 17.3. The molecule has 256 valence electrons. The summed E-state index contributed by atoms with van der Waals surface area (Å²) < 4.78 is 21.7. The van der Waals surface area contributed by atoms with Gasteiger partial charge in [0.05, 0.1) is 12.2 Å². The van der Waals surface area contributed by atoms with Gasteiger partial charge in [-0.05, 0) is 98.0 Å². The van der Waals surface area contributed by atoms with Crippen molar-refractivity contribution in [3.8, 4) is 11.5 Å². The van der Waals surface area contributed by atoms with E-state index in [0.717, 1.165) is 57.1 Å². The topological polar surface area (TPSA) is 88.1 Å². The fourth-order valence-electron chi connectivity index (χ4n) is 5.13. The molecule has 48 heavy (non-hydrogen) atoms. The summed E-state index contributed by atoms with van der Waals surface area (Å²) in [5.74, 6) is -0.330. The van der Waals surface area contributed by atoms with Crippen LogP contribution < -0.4 is 9.47 Å². The Morgan fingerprint density at radius 1 is 0.646 bits per heavy atom. The van der Waals surface area contributed by atoms with Crippen molar-refractivity contribution >= 4 is 17.9 Å². The number of aryl methyl sites for hydroxylation is 3. The number of hydrogen-bond acceptors (Lipinski definition) is 7. The van der Waals surface area contributed by atoms with E-state index in [1.807, 2.05) is 24.3 Å². The second kappa shape index (κ2) is 22.0. The van der Waals surface area contributed by atoms with Crippen molar-refractivity contribution in [1.29, 1.82) is 0 Å². The van der Waals surface area contributed by atoms with E-state index >= 15 is 0 Å². The van der Waals surface area contributed by atoms with Crippen LogP contribution in [-0.4, -0.2) is 37.2 Å². The van der Waals surface area contributed by atoms with Crippen LogP contribution in [0, 0.1) is 0 Å². The minimum atomic E-state index is -0.557. The van der Waals surface area contributed by atoms with Crippen molar-refractivity contribution in [2.75, 3.05) is 13.2 Å². The monoisotopic (exact) mass is 654 g/mol. The quantitative estimate of drug-likeness (QED) is 0.0437. The standard InChI is InChI=1S/C41H50O7/c1-4-7-8-11-14-32-16-18-33(19-17-32)20-21-34-22-26-37(27-23-34)48-41(44)35-24-28-36(29-25-35)45-30-13-10-9-12-15-38(47-40(43)6-3)31-46-39(42)5-2/h5-6,16-19,22-29,38H,2-4,7-15,20-21,30-31H2,1H3. The van der Waals surface area contributed by atoms with E-state index in [0.29, 0.717) is 30.1 Å². The third kappa shape index (κ3) is 14.8. The molecule has 0 saturated heterocycles. The summed E-state index contributed by atoms with van der Waals surface area (Å²) in [7, 11) is 0. The van der Waals surface area contributed by atoms with Crippen LogP contribution in [0.15, 0.2) is 98.1 Å². The van der Waals surface area contributed by atoms with Gasteiger partial charge < -0.3 is 18.9 Å². The first-order valence-corrected chi connectivity index (χ1v) is 17.1. The summed E-state index contributed by atoms with van der Waals surface area (Å²) in [6.45, 7) is 9.52. The number of carbonyl (C=O) groups excluding carboxylic acids is 3. The summed E-state index contributed by atoms with van der Waals surface area (Å²) in [6.07, 6.45) is 13.9. The molecule has 0 saturated carbocycles. The maximum absolute atomic E-state index is 12.7. The molecule has 0 aliphatic heterocycles. The number of hydrogen-bond donors (Lipinski definition) is 0. The van der Waals surface area contributed by atoms with E-state index in [1.54, 1.807) is 24.3 Å². The van der Waals surface area contributed by atoms with Crippen LogP contribution in [-0.2, 0) is 38.3 Å². The molecule has 1 unspecified atom stereocenters. The molecule has 0 fully saturated rings. The molecule has 3 rings (SSSR count).